The number of H-pyrrole nitrogens is 1. The van der Waals surface area contributed by atoms with E-state index in [4.69, 9.17) is 21.7 Å². The number of anilines is 1. The van der Waals surface area contributed by atoms with E-state index in [-0.39, 0.29) is 5.56 Å². The number of nitrogens with one attached hydrogen (secondary N) is 2. The van der Waals surface area contributed by atoms with Crippen molar-refractivity contribution in [2.45, 2.75) is 26.3 Å². The van der Waals surface area contributed by atoms with E-state index in [1.165, 1.54) is 12.8 Å². The van der Waals surface area contributed by atoms with Crippen LogP contribution in [0.5, 0.6) is 11.5 Å². The molecule has 0 saturated carbocycles. The Hall–Kier alpha value is -3.10. The molecular weight excluding hydrogens is 448 g/mol. The molecule has 2 N–H and O–H groups in total. The van der Waals surface area contributed by atoms with Gasteiger partial charge in [-0.05, 0) is 93.6 Å². The van der Waals surface area contributed by atoms with Gasteiger partial charge in [-0.2, -0.15) is 0 Å². The maximum absolute atomic E-state index is 12.9. The molecule has 2 heterocycles. The fraction of sp³-hybridized carbons (Fsp3) is 0.385. The Morgan fingerprint density at radius 2 is 1.85 bits per heavy atom. The highest BCUT2D eigenvalue weighted by Gasteiger charge is 2.17. The van der Waals surface area contributed by atoms with Gasteiger partial charge in [0.25, 0.3) is 5.56 Å². The SMILES string of the molecule is CCOc1ccc2[nH]c(=O)c(CN(CCN3CCCC3)C(=S)Nc3ccc(OC)cc3)cc2c1. The molecule has 1 aromatic heterocycles. The number of fused-ring (bicyclic) bond motifs is 1. The highest BCUT2D eigenvalue weighted by atomic mass is 32.1. The zero-order valence-electron chi connectivity index (χ0n) is 19.8. The molecule has 0 unspecified atom stereocenters. The second-order valence-corrected chi connectivity index (χ2v) is 8.82. The summed E-state index contributed by atoms with van der Waals surface area (Å²) in [6.07, 6.45) is 2.47. The number of hydrogen-bond donors (Lipinski definition) is 2. The molecular formula is C26H32N4O3S. The highest BCUT2D eigenvalue weighted by Crippen LogP contribution is 2.20. The van der Waals surface area contributed by atoms with Crippen molar-refractivity contribution in [3.05, 3.63) is 64.4 Å². The van der Waals surface area contributed by atoms with Crippen molar-refractivity contribution in [3.63, 3.8) is 0 Å². The molecule has 2 aromatic carbocycles. The van der Waals surface area contributed by atoms with Crippen LogP contribution in [0.2, 0.25) is 0 Å². The van der Waals surface area contributed by atoms with Crippen molar-refractivity contribution in [1.82, 2.24) is 14.8 Å². The average molecular weight is 481 g/mol. The summed E-state index contributed by atoms with van der Waals surface area (Å²) in [4.78, 5) is 20.4. The number of likely N-dealkylation sites (tertiary alicyclic amines) is 1. The number of aromatic amines is 1. The van der Waals surface area contributed by atoms with Gasteiger partial charge < -0.3 is 29.6 Å². The van der Waals surface area contributed by atoms with E-state index in [2.05, 4.69) is 20.1 Å². The van der Waals surface area contributed by atoms with Crippen molar-refractivity contribution in [2.75, 3.05) is 45.2 Å². The summed E-state index contributed by atoms with van der Waals surface area (Å²) in [6, 6.07) is 15.3. The van der Waals surface area contributed by atoms with Crippen LogP contribution in [-0.4, -0.2) is 59.8 Å². The van der Waals surface area contributed by atoms with Gasteiger partial charge in [0.2, 0.25) is 0 Å². The van der Waals surface area contributed by atoms with Gasteiger partial charge in [-0.3, -0.25) is 4.79 Å². The number of methoxy groups -OCH3 is 1. The Morgan fingerprint density at radius 1 is 1.12 bits per heavy atom. The van der Waals surface area contributed by atoms with Crippen LogP contribution in [0.1, 0.15) is 25.3 Å². The zero-order chi connectivity index (χ0) is 23.9. The van der Waals surface area contributed by atoms with Crippen LogP contribution in [0.4, 0.5) is 5.69 Å². The van der Waals surface area contributed by atoms with Gasteiger partial charge in [-0.25, -0.2) is 0 Å². The van der Waals surface area contributed by atoms with Crippen molar-refractivity contribution in [3.8, 4) is 11.5 Å². The lowest BCUT2D eigenvalue weighted by molar-refractivity contribution is 0.289. The lowest BCUT2D eigenvalue weighted by atomic mass is 10.1. The summed E-state index contributed by atoms with van der Waals surface area (Å²) in [5, 5.41) is 4.85. The van der Waals surface area contributed by atoms with Crippen LogP contribution < -0.4 is 20.3 Å². The summed E-state index contributed by atoms with van der Waals surface area (Å²) < 4.78 is 10.9. The first kappa shape index (κ1) is 24.0. The molecule has 0 aliphatic carbocycles. The minimum atomic E-state index is -0.102. The normalized spacial score (nSPS) is 13.7. The van der Waals surface area contributed by atoms with E-state index >= 15 is 0 Å². The molecule has 1 aliphatic rings. The molecule has 1 saturated heterocycles. The van der Waals surface area contributed by atoms with Gasteiger partial charge in [-0.15, -0.1) is 0 Å². The summed E-state index contributed by atoms with van der Waals surface area (Å²) in [7, 11) is 1.64. The van der Waals surface area contributed by atoms with E-state index in [1.54, 1.807) is 7.11 Å². The van der Waals surface area contributed by atoms with E-state index in [9.17, 15) is 4.79 Å². The summed E-state index contributed by atoms with van der Waals surface area (Å²) in [5.74, 6) is 1.58. The Balaban J connectivity index is 1.55. The molecule has 0 atom stereocenters. The predicted octanol–water partition coefficient (Wildman–Crippen LogP) is 4.23. The third-order valence-electron chi connectivity index (χ3n) is 6.08. The lowest BCUT2D eigenvalue weighted by Gasteiger charge is -2.28. The minimum absolute atomic E-state index is 0.102. The fourth-order valence-corrected chi connectivity index (χ4v) is 4.48. The van der Waals surface area contributed by atoms with Crippen molar-refractivity contribution >= 4 is 33.9 Å². The van der Waals surface area contributed by atoms with Crippen LogP contribution >= 0.6 is 12.2 Å². The standard InChI is InChI=1S/C26H32N4O3S/c1-3-33-23-10-11-24-19(17-23)16-20(25(31)28-24)18-30(15-14-29-12-4-5-13-29)26(34)27-21-6-8-22(32-2)9-7-21/h6-11,16-17H,3-5,12-15,18H2,1-2H3,(H,27,34)(H,28,31). The number of rotatable bonds is 9. The van der Waals surface area contributed by atoms with Crippen LogP contribution in [-0.2, 0) is 6.54 Å². The molecule has 0 spiro atoms. The summed E-state index contributed by atoms with van der Waals surface area (Å²) in [5.41, 5.74) is 2.24. The Kier molecular flexibility index (Phi) is 8.03. The molecule has 8 heteroatoms. The number of ether oxygens (including phenoxy) is 2. The average Bonchev–Trinajstić information content (AvgIpc) is 3.36. The molecule has 180 valence electrons. The third kappa shape index (κ3) is 6.07. The Bertz CT molecular complexity index is 1170. The molecule has 0 radical (unpaired) electrons. The predicted molar refractivity (Wildman–Crippen MR) is 141 cm³/mol. The van der Waals surface area contributed by atoms with Gasteiger partial charge in [0.1, 0.15) is 11.5 Å². The maximum atomic E-state index is 12.9. The van der Waals surface area contributed by atoms with Crippen LogP contribution in [0.3, 0.4) is 0 Å². The van der Waals surface area contributed by atoms with Gasteiger partial charge >= 0.3 is 0 Å². The van der Waals surface area contributed by atoms with E-state index in [0.717, 1.165) is 54.3 Å². The third-order valence-corrected chi connectivity index (χ3v) is 6.44. The number of thiocarbonyl (C=S) groups is 1. The van der Waals surface area contributed by atoms with Crippen molar-refractivity contribution in [2.24, 2.45) is 0 Å². The van der Waals surface area contributed by atoms with Gasteiger partial charge in [0.15, 0.2) is 5.11 Å². The van der Waals surface area contributed by atoms with Gasteiger partial charge in [-0.1, -0.05) is 0 Å². The number of aromatic nitrogens is 1. The zero-order valence-corrected chi connectivity index (χ0v) is 20.6. The molecule has 34 heavy (non-hydrogen) atoms. The number of hydrogen-bond acceptors (Lipinski definition) is 5. The van der Waals surface area contributed by atoms with Crippen molar-refractivity contribution < 1.29 is 9.47 Å². The Morgan fingerprint density at radius 3 is 2.56 bits per heavy atom. The number of benzene rings is 2. The van der Waals surface area contributed by atoms with Crippen molar-refractivity contribution in [1.29, 1.82) is 0 Å². The van der Waals surface area contributed by atoms with Crippen LogP contribution in [0.25, 0.3) is 10.9 Å². The van der Waals surface area contributed by atoms with Crippen LogP contribution in [0.15, 0.2) is 53.3 Å². The highest BCUT2D eigenvalue weighted by molar-refractivity contribution is 7.80. The summed E-state index contributed by atoms with van der Waals surface area (Å²) in [6.45, 7) is 6.84. The fourth-order valence-electron chi connectivity index (χ4n) is 4.21. The Labute approximate surface area is 205 Å². The lowest BCUT2D eigenvalue weighted by Crippen LogP contribution is -2.40. The van der Waals surface area contributed by atoms with E-state index in [1.807, 2.05) is 55.5 Å². The van der Waals surface area contributed by atoms with Gasteiger partial charge in [0, 0.05) is 35.2 Å². The van der Waals surface area contributed by atoms with Gasteiger partial charge in [0.05, 0.1) is 20.3 Å². The number of pyridine rings is 1. The molecule has 4 rings (SSSR count). The monoisotopic (exact) mass is 480 g/mol. The topological polar surface area (TPSA) is 69.8 Å². The van der Waals surface area contributed by atoms with Crippen LogP contribution in [0, 0.1) is 0 Å². The molecule has 3 aromatic rings. The quantitative estimate of drug-likeness (QED) is 0.444. The van der Waals surface area contributed by atoms with E-state index < -0.39 is 0 Å². The first-order chi connectivity index (χ1) is 16.6. The largest absolute Gasteiger partial charge is 0.497 e. The molecule has 0 amide bonds. The molecule has 0 bridgehead atoms. The second kappa shape index (κ2) is 11.4. The minimum Gasteiger partial charge on any atom is -0.497 e. The first-order valence-corrected chi connectivity index (χ1v) is 12.2. The summed E-state index contributed by atoms with van der Waals surface area (Å²) >= 11 is 5.79. The number of nitrogens with zero attached hydrogens (tertiary/aromatic N) is 2. The maximum Gasteiger partial charge on any atom is 0.253 e. The molecule has 7 nitrogen and oxygen atoms in total. The smallest absolute Gasteiger partial charge is 0.253 e. The molecule has 1 aliphatic heterocycles. The van der Waals surface area contributed by atoms with E-state index in [0.29, 0.717) is 23.8 Å². The first-order valence-electron chi connectivity index (χ1n) is 11.8. The second-order valence-electron chi connectivity index (χ2n) is 8.43. The molecule has 1 fully saturated rings.